The van der Waals surface area contributed by atoms with Gasteiger partial charge in [0.1, 0.15) is 12.1 Å². The number of methoxy groups -OCH3 is 1. The molecule has 0 spiro atoms. The van der Waals surface area contributed by atoms with E-state index in [1.165, 1.54) is 6.08 Å². The lowest BCUT2D eigenvalue weighted by atomic mass is 10.1. The molecule has 45 heavy (non-hydrogen) atoms. The molecule has 0 saturated carbocycles. The fourth-order valence-electron chi connectivity index (χ4n) is 5.18. The molecule has 234 valence electrons. The van der Waals surface area contributed by atoms with E-state index in [4.69, 9.17) is 14.7 Å². The van der Waals surface area contributed by atoms with Gasteiger partial charge in [0.2, 0.25) is 11.9 Å². The minimum absolute atomic E-state index is 0.135. The predicted molar refractivity (Wildman–Crippen MR) is 180 cm³/mol. The first-order valence-electron chi connectivity index (χ1n) is 14.7. The van der Waals surface area contributed by atoms with E-state index in [1.54, 1.807) is 19.6 Å². The van der Waals surface area contributed by atoms with Gasteiger partial charge in [0.25, 0.3) is 0 Å². The van der Waals surface area contributed by atoms with Crippen LogP contribution in [0, 0.1) is 0 Å². The highest BCUT2D eigenvalue weighted by Gasteiger charge is 2.22. The number of fused-ring (bicyclic) bond motifs is 1. The van der Waals surface area contributed by atoms with Crippen molar-refractivity contribution < 1.29 is 9.53 Å². The standard InChI is InChI=1S/C33H40N10O2/c1-9-30(44)36-25-16-26(29(45-8)17-28(25)41(6)15-14-40(4)5)37-33-34-18-23(32-39-35-20-43(32)21(2)3)31(38-33)24-19-42(7)27-13-11-10-12-22(24)27/h9-13,16-21H,1,14-15H2,2-8H3,(H,36,44)(H,34,37,38). The Labute approximate surface area is 263 Å². The van der Waals surface area contributed by atoms with Gasteiger partial charge < -0.3 is 34.3 Å². The van der Waals surface area contributed by atoms with E-state index in [9.17, 15) is 4.79 Å². The first-order valence-corrected chi connectivity index (χ1v) is 14.7. The van der Waals surface area contributed by atoms with Gasteiger partial charge in [0.05, 0.1) is 35.4 Å². The zero-order chi connectivity index (χ0) is 32.2. The molecule has 0 bridgehead atoms. The third kappa shape index (κ3) is 6.50. The highest BCUT2D eigenvalue weighted by atomic mass is 16.5. The normalized spacial score (nSPS) is 11.3. The summed E-state index contributed by atoms with van der Waals surface area (Å²) in [4.78, 5) is 26.4. The van der Waals surface area contributed by atoms with Gasteiger partial charge in [-0.1, -0.05) is 24.8 Å². The largest absolute Gasteiger partial charge is 0.494 e. The molecular formula is C33H40N10O2. The fourth-order valence-corrected chi connectivity index (χ4v) is 5.18. The molecule has 0 radical (unpaired) electrons. The van der Waals surface area contributed by atoms with Gasteiger partial charge in [-0.05, 0) is 46.2 Å². The van der Waals surface area contributed by atoms with Crippen LogP contribution in [0.5, 0.6) is 5.75 Å². The van der Waals surface area contributed by atoms with Crippen LogP contribution in [0.3, 0.4) is 0 Å². The van der Waals surface area contributed by atoms with Crippen molar-refractivity contribution in [1.29, 1.82) is 0 Å². The van der Waals surface area contributed by atoms with Gasteiger partial charge in [-0.2, -0.15) is 0 Å². The smallest absolute Gasteiger partial charge is 0.247 e. The Bertz CT molecular complexity index is 1840. The summed E-state index contributed by atoms with van der Waals surface area (Å²) in [6.07, 6.45) is 6.80. The minimum Gasteiger partial charge on any atom is -0.494 e. The van der Waals surface area contributed by atoms with Crippen LogP contribution in [-0.4, -0.2) is 81.4 Å². The SMILES string of the molecule is C=CC(=O)Nc1cc(Nc2ncc(-c3nncn3C(C)C)c(-c3cn(C)c4ccccc34)n2)c(OC)cc1N(C)CCN(C)C. The van der Waals surface area contributed by atoms with Crippen molar-refractivity contribution in [2.45, 2.75) is 19.9 Å². The number of benzene rings is 2. The molecule has 12 nitrogen and oxygen atoms in total. The molecule has 12 heteroatoms. The number of nitrogens with one attached hydrogen (secondary N) is 2. The Morgan fingerprint density at radius 1 is 1.11 bits per heavy atom. The number of nitrogens with zero attached hydrogens (tertiary/aromatic N) is 8. The highest BCUT2D eigenvalue weighted by molar-refractivity contribution is 6.02. The van der Waals surface area contributed by atoms with Crippen LogP contribution in [0.4, 0.5) is 23.0 Å². The summed E-state index contributed by atoms with van der Waals surface area (Å²) in [5, 5.41) is 16.0. The summed E-state index contributed by atoms with van der Waals surface area (Å²) in [6, 6.07) is 12.1. The van der Waals surface area contributed by atoms with Gasteiger partial charge in [-0.3, -0.25) is 4.79 Å². The van der Waals surface area contributed by atoms with E-state index in [0.29, 0.717) is 34.6 Å². The molecule has 5 aromatic rings. The Kier molecular flexibility index (Phi) is 9.14. The summed E-state index contributed by atoms with van der Waals surface area (Å²) < 4.78 is 9.89. The Morgan fingerprint density at radius 2 is 1.89 bits per heavy atom. The van der Waals surface area contributed by atoms with E-state index in [1.807, 2.05) is 57.0 Å². The molecule has 1 amide bonds. The van der Waals surface area contributed by atoms with Gasteiger partial charge in [0, 0.05) is 68.2 Å². The number of aromatic nitrogens is 6. The number of anilines is 4. The summed E-state index contributed by atoms with van der Waals surface area (Å²) in [5.41, 5.74) is 5.47. The van der Waals surface area contributed by atoms with Crippen LogP contribution in [0.15, 0.2) is 67.8 Å². The van der Waals surface area contributed by atoms with Gasteiger partial charge in [0.15, 0.2) is 5.82 Å². The molecule has 3 aromatic heterocycles. The number of para-hydroxylation sites is 1. The zero-order valence-electron chi connectivity index (χ0n) is 26.9. The number of ether oxygens (including phenoxy) is 1. The highest BCUT2D eigenvalue weighted by Crippen LogP contribution is 2.40. The first kappa shape index (κ1) is 31.2. The van der Waals surface area contributed by atoms with Crippen LogP contribution in [0.1, 0.15) is 19.9 Å². The molecule has 0 aliphatic carbocycles. The summed E-state index contributed by atoms with van der Waals surface area (Å²) in [6.45, 7) is 9.34. The lowest BCUT2D eigenvalue weighted by molar-refractivity contribution is -0.111. The zero-order valence-corrected chi connectivity index (χ0v) is 26.9. The maximum atomic E-state index is 12.4. The molecule has 0 unspecified atom stereocenters. The predicted octanol–water partition coefficient (Wildman–Crippen LogP) is 5.35. The second-order valence-corrected chi connectivity index (χ2v) is 11.4. The first-order chi connectivity index (χ1) is 21.6. The number of hydrogen-bond donors (Lipinski definition) is 2. The summed E-state index contributed by atoms with van der Waals surface area (Å²) in [7, 11) is 9.64. The van der Waals surface area contributed by atoms with Crippen LogP contribution >= 0.6 is 0 Å². The van der Waals surface area contributed by atoms with Crippen molar-refractivity contribution in [1.82, 2.24) is 34.2 Å². The lowest BCUT2D eigenvalue weighted by Crippen LogP contribution is -2.29. The maximum absolute atomic E-state index is 12.4. The average Bonchev–Trinajstić information content (AvgIpc) is 3.65. The van der Waals surface area contributed by atoms with E-state index < -0.39 is 0 Å². The van der Waals surface area contributed by atoms with Crippen LogP contribution in [0.25, 0.3) is 33.5 Å². The monoisotopic (exact) mass is 608 g/mol. The van der Waals surface area contributed by atoms with Gasteiger partial charge in [-0.15, -0.1) is 10.2 Å². The van der Waals surface area contributed by atoms with Crippen molar-refractivity contribution in [2.24, 2.45) is 7.05 Å². The average molecular weight is 609 g/mol. The molecule has 2 aromatic carbocycles. The van der Waals surface area contributed by atoms with E-state index in [-0.39, 0.29) is 11.9 Å². The number of likely N-dealkylation sites (N-methyl/N-ethyl adjacent to an activating group) is 2. The second-order valence-electron chi connectivity index (χ2n) is 11.4. The number of carbonyl (C=O) groups excluding carboxylic acids is 1. The Balaban J connectivity index is 1.63. The van der Waals surface area contributed by atoms with Crippen LogP contribution < -0.4 is 20.3 Å². The number of rotatable bonds is 12. The van der Waals surface area contributed by atoms with Gasteiger partial charge in [-0.25, -0.2) is 9.97 Å². The summed E-state index contributed by atoms with van der Waals surface area (Å²) >= 11 is 0. The Hall–Kier alpha value is -5.23. The minimum atomic E-state index is -0.318. The van der Waals surface area contributed by atoms with Gasteiger partial charge >= 0.3 is 0 Å². The molecule has 0 atom stereocenters. The molecule has 2 N–H and O–H groups in total. The molecule has 5 rings (SSSR count). The van der Waals surface area contributed by atoms with E-state index >= 15 is 0 Å². The molecule has 0 aliphatic heterocycles. The maximum Gasteiger partial charge on any atom is 0.247 e. The molecule has 0 aliphatic rings. The van der Waals surface area contributed by atoms with Crippen molar-refractivity contribution in [3.63, 3.8) is 0 Å². The fraction of sp³-hybridized carbons (Fsp3) is 0.303. The third-order valence-electron chi connectivity index (χ3n) is 7.61. The van der Waals surface area contributed by atoms with Crippen molar-refractivity contribution in [3.05, 3.63) is 67.8 Å². The van der Waals surface area contributed by atoms with Crippen molar-refractivity contribution in [3.8, 4) is 28.4 Å². The third-order valence-corrected chi connectivity index (χ3v) is 7.61. The topological polar surface area (TPSA) is 118 Å². The summed E-state index contributed by atoms with van der Waals surface area (Å²) in [5.74, 6) is 1.28. The van der Waals surface area contributed by atoms with Crippen LogP contribution in [0.2, 0.25) is 0 Å². The van der Waals surface area contributed by atoms with E-state index in [0.717, 1.165) is 40.8 Å². The molecule has 0 fully saturated rings. The number of carbonyl (C=O) groups is 1. The molecule has 3 heterocycles. The van der Waals surface area contributed by atoms with E-state index in [2.05, 4.69) is 74.0 Å². The second kappa shape index (κ2) is 13.2. The van der Waals surface area contributed by atoms with Crippen molar-refractivity contribution in [2.75, 3.05) is 56.9 Å². The van der Waals surface area contributed by atoms with Crippen molar-refractivity contribution >= 4 is 39.8 Å². The number of aryl methyl sites for hydroxylation is 1. The lowest BCUT2D eigenvalue weighted by Gasteiger charge is -2.26. The number of amides is 1. The quantitative estimate of drug-likeness (QED) is 0.181. The van der Waals surface area contributed by atoms with Crippen LogP contribution in [-0.2, 0) is 11.8 Å². The molecule has 0 saturated heterocycles. The molecular weight excluding hydrogens is 568 g/mol. The Morgan fingerprint density at radius 3 is 2.60 bits per heavy atom. The number of hydrogen-bond acceptors (Lipinski definition) is 9.